The second-order valence-corrected chi connectivity index (χ2v) is 10.6. The predicted molar refractivity (Wildman–Crippen MR) is 147 cm³/mol. The van der Waals surface area contributed by atoms with Crippen molar-refractivity contribution in [2.45, 2.75) is 51.0 Å². The van der Waals surface area contributed by atoms with E-state index >= 15 is 8.78 Å². The van der Waals surface area contributed by atoms with E-state index in [-0.39, 0.29) is 30.5 Å². The summed E-state index contributed by atoms with van der Waals surface area (Å²) in [6, 6.07) is 14.5. The van der Waals surface area contributed by atoms with E-state index in [1.54, 1.807) is 6.07 Å². The number of hydrogen-bond donors (Lipinski definition) is 1. The lowest BCUT2D eigenvalue weighted by atomic mass is 10.0. The first-order valence-corrected chi connectivity index (χ1v) is 14.0. The molecule has 3 aliphatic rings. The molecule has 2 saturated heterocycles. The van der Waals surface area contributed by atoms with Gasteiger partial charge < -0.3 is 29.0 Å². The molecule has 1 unspecified atom stereocenters. The van der Waals surface area contributed by atoms with Gasteiger partial charge in [-0.25, -0.2) is 8.78 Å². The van der Waals surface area contributed by atoms with Crippen LogP contribution in [0.1, 0.15) is 44.2 Å². The average Bonchev–Trinajstić information content (AvgIpc) is 2.93. The highest BCUT2D eigenvalue weighted by atomic mass is 19.1. The average molecular weight is 553 g/mol. The third kappa shape index (κ3) is 5.53. The van der Waals surface area contributed by atoms with Crippen molar-refractivity contribution in [3.05, 3.63) is 71.8 Å². The Balaban J connectivity index is 1.28. The number of phenolic OH excluding ortho intramolecular Hbond substituents is 1. The molecule has 212 valence electrons. The predicted octanol–water partition coefficient (Wildman–Crippen LogP) is 6.32. The summed E-state index contributed by atoms with van der Waals surface area (Å²) in [5.74, 6) is -0.709. The number of ether oxygens (including phenoxy) is 4. The monoisotopic (exact) mass is 552 g/mol. The molecule has 0 spiro atoms. The van der Waals surface area contributed by atoms with Gasteiger partial charge in [-0.15, -0.1) is 0 Å². The maximum Gasteiger partial charge on any atom is 0.199 e. The van der Waals surface area contributed by atoms with Gasteiger partial charge in [0.05, 0.1) is 18.3 Å². The topological polar surface area (TPSA) is 63.6 Å². The van der Waals surface area contributed by atoms with E-state index in [0.717, 1.165) is 37.8 Å². The number of likely N-dealkylation sites (tertiary alicyclic amines) is 1. The Morgan fingerprint density at radius 3 is 2.45 bits per heavy atom. The summed E-state index contributed by atoms with van der Waals surface area (Å²) in [7, 11) is 0. The van der Waals surface area contributed by atoms with Crippen molar-refractivity contribution in [3.63, 3.8) is 0 Å². The number of nitrogens with zero attached hydrogens (tertiary/aromatic N) is 2. The van der Waals surface area contributed by atoms with Gasteiger partial charge in [0.15, 0.2) is 23.7 Å². The summed E-state index contributed by atoms with van der Waals surface area (Å²) in [5, 5.41) is 10.0. The van der Waals surface area contributed by atoms with Gasteiger partial charge in [0.2, 0.25) is 0 Å². The Labute approximate surface area is 232 Å². The second-order valence-electron chi connectivity index (χ2n) is 10.6. The SMILES string of the molecule is CCCN1CC(Oc2c(F)cc(N3c4ccc(O)cc4OC[C@H]3c3ccc(OC4CCCCO4)cc3)cc2F)C1. The van der Waals surface area contributed by atoms with Crippen LogP contribution in [0.15, 0.2) is 54.6 Å². The zero-order valence-electron chi connectivity index (χ0n) is 22.5. The zero-order valence-corrected chi connectivity index (χ0v) is 22.5. The molecule has 2 atom stereocenters. The van der Waals surface area contributed by atoms with Crippen LogP contribution in [0.5, 0.6) is 23.0 Å². The molecule has 0 radical (unpaired) electrons. The summed E-state index contributed by atoms with van der Waals surface area (Å²) in [6.45, 7) is 5.25. The van der Waals surface area contributed by atoms with Crippen molar-refractivity contribution in [2.75, 3.05) is 37.7 Å². The van der Waals surface area contributed by atoms with Crippen LogP contribution in [0.4, 0.5) is 20.2 Å². The van der Waals surface area contributed by atoms with Crippen LogP contribution >= 0.6 is 0 Å². The van der Waals surface area contributed by atoms with Gasteiger partial charge in [0.1, 0.15) is 30.0 Å². The number of phenols is 1. The van der Waals surface area contributed by atoms with Crippen LogP contribution in [0, 0.1) is 11.6 Å². The van der Waals surface area contributed by atoms with E-state index < -0.39 is 17.7 Å². The van der Waals surface area contributed by atoms with Crippen LogP contribution in [-0.4, -0.2) is 55.2 Å². The van der Waals surface area contributed by atoms with Gasteiger partial charge in [0.25, 0.3) is 0 Å². The van der Waals surface area contributed by atoms with Gasteiger partial charge in [0, 0.05) is 43.4 Å². The third-order valence-corrected chi connectivity index (χ3v) is 7.59. The minimum absolute atomic E-state index is 0.0438. The Morgan fingerprint density at radius 1 is 0.975 bits per heavy atom. The first-order chi connectivity index (χ1) is 19.5. The molecule has 3 aromatic rings. The highest BCUT2D eigenvalue weighted by Crippen LogP contribution is 2.47. The van der Waals surface area contributed by atoms with E-state index in [1.165, 1.54) is 24.3 Å². The van der Waals surface area contributed by atoms with Crippen LogP contribution in [0.2, 0.25) is 0 Å². The van der Waals surface area contributed by atoms with Crippen molar-refractivity contribution < 1.29 is 32.8 Å². The molecule has 1 N–H and O–H groups in total. The van der Waals surface area contributed by atoms with E-state index in [0.29, 0.717) is 42.6 Å². The number of benzene rings is 3. The Hall–Kier alpha value is -3.56. The minimum atomic E-state index is -0.759. The fourth-order valence-corrected chi connectivity index (χ4v) is 5.58. The number of anilines is 2. The minimum Gasteiger partial charge on any atom is -0.508 e. The molecule has 3 heterocycles. The number of aromatic hydroxyl groups is 1. The van der Waals surface area contributed by atoms with E-state index in [2.05, 4.69) is 11.8 Å². The quantitative estimate of drug-likeness (QED) is 0.351. The maximum absolute atomic E-state index is 15.4. The van der Waals surface area contributed by atoms with Crippen molar-refractivity contribution in [1.29, 1.82) is 0 Å². The number of fused-ring (bicyclic) bond motifs is 1. The van der Waals surface area contributed by atoms with E-state index in [1.807, 2.05) is 29.2 Å². The lowest BCUT2D eigenvalue weighted by Gasteiger charge is -2.40. The molecule has 40 heavy (non-hydrogen) atoms. The van der Waals surface area contributed by atoms with E-state index in [4.69, 9.17) is 18.9 Å². The van der Waals surface area contributed by atoms with Crippen molar-refractivity contribution in [2.24, 2.45) is 0 Å². The lowest BCUT2D eigenvalue weighted by molar-refractivity contribution is -0.105. The van der Waals surface area contributed by atoms with Crippen molar-refractivity contribution in [3.8, 4) is 23.0 Å². The molecule has 6 rings (SSSR count). The van der Waals surface area contributed by atoms with Crippen LogP contribution in [-0.2, 0) is 4.74 Å². The van der Waals surface area contributed by atoms with Gasteiger partial charge in [-0.2, -0.15) is 0 Å². The van der Waals surface area contributed by atoms with Crippen LogP contribution in [0.25, 0.3) is 0 Å². The van der Waals surface area contributed by atoms with Gasteiger partial charge in [-0.05, 0) is 55.6 Å². The normalized spacial score (nSPS) is 21.3. The Bertz CT molecular complexity index is 1300. The van der Waals surface area contributed by atoms with Gasteiger partial charge in [-0.1, -0.05) is 19.1 Å². The second kappa shape index (κ2) is 11.5. The molecule has 2 fully saturated rings. The van der Waals surface area contributed by atoms with Crippen LogP contribution < -0.4 is 19.1 Å². The van der Waals surface area contributed by atoms with Crippen LogP contribution in [0.3, 0.4) is 0 Å². The van der Waals surface area contributed by atoms with Crippen molar-refractivity contribution in [1.82, 2.24) is 4.90 Å². The Kier molecular flexibility index (Phi) is 7.67. The molecule has 0 saturated carbocycles. The van der Waals surface area contributed by atoms with E-state index in [9.17, 15) is 5.11 Å². The molecule has 9 heteroatoms. The number of hydrogen-bond acceptors (Lipinski definition) is 7. The molecule has 0 amide bonds. The molecule has 3 aliphatic heterocycles. The first kappa shape index (κ1) is 26.7. The molecule has 0 bridgehead atoms. The number of rotatable bonds is 8. The first-order valence-electron chi connectivity index (χ1n) is 14.0. The fourth-order valence-electron chi connectivity index (χ4n) is 5.58. The Morgan fingerprint density at radius 2 is 1.75 bits per heavy atom. The highest BCUT2D eigenvalue weighted by molar-refractivity contribution is 5.73. The summed E-state index contributed by atoms with van der Waals surface area (Å²) in [6.07, 6.45) is 3.50. The molecule has 7 nitrogen and oxygen atoms in total. The molecule has 0 aromatic heterocycles. The summed E-state index contributed by atoms with van der Waals surface area (Å²) < 4.78 is 54.1. The molecule has 3 aromatic carbocycles. The van der Waals surface area contributed by atoms with Crippen molar-refractivity contribution >= 4 is 11.4 Å². The summed E-state index contributed by atoms with van der Waals surface area (Å²) in [4.78, 5) is 4.03. The molecular weight excluding hydrogens is 518 g/mol. The maximum atomic E-state index is 15.4. The smallest absolute Gasteiger partial charge is 0.199 e. The molecular formula is C31H34F2N2O5. The molecule has 0 aliphatic carbocycles. The highest BCUT2D eigenvalue weighted by Gasteiger charge is 2.33. The summed E-state index contributed by atoms with van der Waals surface area (Å²) in [5.41, 5.74) is 1.79. The standard InChI is InChI=1S/C31H34F2N2O5/c1-2-12-34-17-24(18-34)40-31-25(32)14-21(15-26(31)33)35-27-11-8-22(36)16-29(27)38-19-28(35)20-6-9-23(10-7-20)39-30-5-3-4-13-37-30/h6-11,14-16,24,28,30,36H,2-5,12-13,17-19H2,1H3/t28-,30?/m0/s1. The third-order valence-electron chi connectivity index (χ3n) is 7.59. The summed E-state index contributed by atoms with van der Waals surface area (Å²) >= 11 is 0. The fraction of sp³-hybridized carbons (Fsp3) is 0.419. The lowest BCUT2D eigenvalue weighted by Crippen LogP contribution is -2.53. The largest absolute Gasteiger partial charge is 0.508 e. The van der Waals surface area contributed by atoms with Gasteiger partial charge in [-0.3, -0.25) is 4.90 Å². The number of halogens is 2. The zero-order chi connectivity index (χ0) is 27.6. The van der Waals surface area contributed by atoms with Gasteiger partial charge >= 0.3 is 0 Å².